The van der Waals surface area contributed by atoms with Crippen molar-refractivity contribution in [1.29, 1.82) is 0 Å². The van der Waals surface area contributed by atoms with Crippen LogP contribution in [0.4, 0.5) is 4.39 Å². The second-order valence-corrected chi connectivity index (χ2v) is 9.41. The summed E-state index contributed by atoms with van der Waals surface area (Å²) in [5.41, 5.74) is 1.30. The van der Waals surface area contributed by atoms with Crippen molar-refractivity contribution in [2.45, 2.75) is 83.5 Å². The van der Waals surface area contributed by atoms with E-state index in [0.29, 0.717) is 0 Å². The second-order valence-electron chi connectivity index (χ2n) is 9.41. The number of halogens is 1. The summed E-state index contributed by atoms with van der Waals surface area (Å²) in [4.78, 5) is 0. The molecule has 25 heavy (non-hydrogen) atoms. The molecular formula is C24H35F. The van der Waals surface area contributed by atoms with Gasteiger partial charge in [0.15, 0.2) is 0 Å². The van der Waals surface area contributed by atoms with Crippen LogP contribution in [-0.4, -0.2) is 0 Å². The molecule has 0 amide bonds. The number of hydrogen-bond donors (Lipinski definition) is 0. The summed E-state index contributed by atoms with van der Waals surface area (Å²) in [5.74, 6) is 5.08. The van der Waals surface area contributed by atoms with E-state index in [0.717, 1.165) is 36.0 Å². The minimum atomic E-state index is -0.115. The summed E-state index contributed by atoms with van der Waals surface area (Å²) in [6.45, 7) is 0. The van der Waals surface area contributed by atoms with Gasteiger partial charge in [0.2, 0.25) is 0 Å². The van der Waals surface area contributed by atoms with Crippen LogP contribution in [0.1, 0.15) is 82.6 Å². The fourth-order valence-electron chi connectivity index (χ4n) is 5.69. The molecule has 3 saturated carbocycles. The molecule has 3 aliphatic carbocycles. The quantitative estimate of drug-likeness (QED) is 0.514. The molecule has 3 fully saturated rings. The predicted octanol–water partition coefficient (Wildman–Crippen LogP) is 7.17. The van der Waals surface area contributed by atoms with Gasteiger partial charge in [0.1, 0.15) is 5.82 Å². The molecule has 0 radical (unpaired) electrons. The lowest BCUT2D eigenvalue weighted by Crippen LogP contribution is -2.26. The van der Waals surface area contributed by atoms with E-state index in [1.54, 1.807) is 18.6 Å². The Hall–Kier alpha value is -0.850. The van der Waals surface area contributed by atoms with Gasteiger partial charge < -0.3 is 0 Å². The average molecular weight is 343 g/mol. The van der Waals surface area contributed by atoms with Crippen molar-refractivity contribution in [3.05, 3.63) is 35.6 Å². The van der Waals surface area contributed by atoms with Crippen LogP contribution in [0.5, 0.6) is 0 Å². The van der Waals surface area contributed by atoms with E-state index in [1.165, 1.54) is 76.2 Å². The van der Waals surface area contributed by atoms with Crippen molar-refractivity contribution >= 4 is 0 Å². The molecule has 0 aromatic heterocycles. The van der Waals surface area contributed by atoms with Gasteiger partial charge in [-0.3, -0.25) is 0 Å². The van der Waals surface area contributed by atoms with Gasteiger partial charge in [-0.05, 0) is 92.2 Å². The number of benzene rings is 1. The van der Waals surface area contributed by atoms with Gasteiger partial charge in [-0.15, -0.1) is 0 Å². The molecule has 0 bridgehead atoms. The molecule has 0 atom stereocenters. The predicted molar refractivity (Wildman–Crippen MR) is 103 cm³/mol. The Morgan fingerprint density at radius 1 is 0.640 bits per heavy atom. The molecule has 0 heterocycles. The first-order chi connectivity index (χ1) is 12.3. The summed E-state index contributed by atoms with van der Waals surface area (Å²) < 4.78 is 13.0. The van der Waals surface area contributed by atoms with Gasteiger partial charge in [-0.1, -0.05) is 50.7 Å². The lowest BCUT2D eigenvalue weighted by atomic mass is 9.68. The molecule has 0 saturated heterocycles. The van der Waals surface area contributed by atoms with Gasteiger partial charge in [0, 0.05) is 0 Å². The molecule has 0 N–H and O–H groups in total. The van der Waals surface area contributed by atoms with E-state index >= 15 is 0 Å². The van der Waals surface area contributed by atoms with Gasteiger partial charge in [0.05, 0.1) is 0 Å². The van der Waals surface area contributed by atoms with Crippen LogP contribution in [0.25, 0.3) is 0 Å². The number of rotatable bonds is 6. The van der Waals surface area contributed by atoms with Crippen molar-refractivity contribution in [3.63, 3.8) is 0 Å². The average Bonchev–Trinajstić information content (AvgIpc) is 3.46. The Kier molecular flexibility index (Phi) is 5.78. The highest BCUT2D eigenvalue weighted by molar-refractivity contribution is 5.16. The van der Waals surface area contributed by atoms with E-state index in [1.807, 2.05) is 12.1 Å². The molecule has 1 aromatic rings. The van der Waals surface area contributed by atoms with Crippen LogP contribution in [0.3, 0.4) is 0 Å². The molecule has 1 heteroatoms. The Morgan fingerprint density at radius 2 is 1.12 bits per heavy atom. The lowest BCUT2D eigenvalue weighted by Gasteiger charge is -2.38. The van der Waals surface area contributed by atoms with Gasteiger partial charge >= 0.3 is 0 Å². The maximum atomic E-state index is 13.0. The third-order valence-corrected chi connectivity index (χ3v) is 7.57. The van der Waals surface area contributed by atoms with Crippen molar-refractivity contribution in [3.8, 4) is 0 Å². The summed E-state index contributed by atoms with van der Waals surface area (Å²) in [5, 5.41) is 0. The fraction of sp³-hybridized carbons (Fsp3) is 0.750. The van der Waals surface area contributed by atoms with Crippen LogP contribution in [0.15, 0.2) is 24.3 Å². The zero-order valence-electron chi connectivity index (χ0n) is 15.8. The molecule has 0 nitrogen and oxygen atoms in total. The molecule has 3 aliphatic rings. The summed E-state index contributed by atoms with van der Waals surface area (Å²) >= 11 is 0. The third kappa shape index (κ3) is 5.08. The van der Waals surface area contributed by atoms with E-state index in [9.17, 15) is 4.39 Å². The summed E-state index contributed by atoms with van der Waals surface area (Å²) in [6, 6.07) is 7.12. The van der Waals surface area contributed by atoms with Crippen molar-refractivity contribution < 1.29 is 4.39 Å². The Bertz CT molecular complexity index is 514. The largest absolute Gasteiger partial charge is 0.207 e. The van der Waals surface area contributed by atoms with Gasteiger partial charge in [-0.2, -0.15) is 0 Å². The SMILES string of the molecule is Fc1ccc(CCC2CCC(C3CCC(CC4CC4)CC3)CC2)cc1. The minimum Gasteiger partial charge on any atom is -0.207 e. The first-order valence-corrected chi connectivity index (χ1v) is 11.0. The highest BCUT2D eigenvalue weighted by atomic mass is 19.1. The normalized spacial score (nSPS) is 33.3. The van der Waals surface area contributed by atoms with E-state index in [2.05, 4.69) is 0 Å². The van der Waals surface area contributed by atoms with Crippen LogP contribution >= 0.6 is 0 Å². The lowest BCUT2D eigenvalue weighted by molar-refractivity contribution is 0.139. The molecular weight excluding hydrogens is 307 g/mol. The standard InChI is InChI=1S/C24H35F/c25-24-15-9-19(10-16-24)2-1-18-5-11-22(12-6-18)23-13-7-21(8-14-23)17-20-3-4-20/h9-10,15-16,18,20-23H,1-8,11-14,17H2. The van der Waals surface area contributed by atoms with Crippen molar-refractivity contribution in [2.75, 3.05) is 0 Å². The fourth-order valence-corrected chi connectivity index (χ4v) is 5.69. The zero-order valence-corrected chi connectivity index (χ0v) is 15.8. The first-order valence-electron chi connectivity index (χ1n) is 11.0. The van der Waals surface area contributed by atoms with E-state index < -0.39 is 0 Å². The highest BCUT2D eigenvalue weighted by Crippen LogP contribution is 2.45. The summed E-state index contributed by atoms with van der Waals surface area (Å²) in [7, 11) is 0. The van der Waals surface area contributed by atoms with Gasteiger partial charge in [0.25, 0.3) is 0 Å². The molecule has 4 rings (SSSR count). The number of aryl methyl sites for hydroxylation is 1. The first kappa shape index (κ1) is 17.6. The van der Waals surface area contributed by atoms with Crippen molar-refractivity contribution in [2.24, 2.45) is 29.6 Å². The molecule has 0 unspecified atom stereocenters. The van der Waals surface area contributed by atoms with Crippen LogP contribution in [-0.2, 0) is 6.42 Å². The number of hydrogen-bond acceptors (Lipinski definition) is 0. The maximum Gasteiger partial charge on any atom is 0.123 e. The Balaban J connectivity index is 1.15. The van der Waals surface area contributed by atoms with E-state index in [-0.39, 0.29) is 5.82 Å². The minimum absolute atomic E-state index is 0.115. The highest BCUT2D eigenvalue weighted by Gasteiger charge is 2.33. The topological polar surface area (TPSA) is 0 Å². The van der Waals surface area contributed by atoms with E-state index in [4.69, 9.17) is 0 Å². The smallest absolute Gasteiger partial charge is 0.123 e. The third-order valence-electron chi connectivity index (χ3n) is 7.57. The van der Waals surface area contributed by atoms with Crippen LogP contribution in [0, 0.1) is 35.4 Å². The molecule has 1 aromatic carbocycles. The van der Waals surface area contributed by atoms with Crippen LogP contribution in [0.2, 0.25) is 0 Å². The Labute approximate surface area is 153 Å². The zero-order chi connectivity index (χ0) is 17.1. The van der Waals surface area contributed by atoms with Gasteiger partial charge in [-0.25, -0.2) is 4.39 Å². The molecule has 0 aliphatic heterocycles. The summed E-state index contributed by atoms with van der Waals surface area (Å²) in [6.07, 6.45) is 19.0. The maximum absolute atomic E-state index is 13.0. The Morgan fingerprint density at radius 3 is 1.64 bits per heavy atom. The second kappa shape index (κ2) is 8.23. The molecule has 138 valence electrons. The molecule has 0 spiro atoms. The monoisotopic (exact) mass is 342 g/mol. The van der Waals surface area contributed by atoms with Crippen LogP contribution < -0.4 is 0 Å². The van der Waals surface area contributed by atoms with Crippen molar-refractivity contribution in [1.82, 2.24) is 0 Å².